The number of anilines is 2. The smallest absolute Gasteiger partial charge is 0.410 e. The lowest BCUT2D eigenvalue weighted by molar-refractivity contribution is -0.134. The Morgan fingerprint density at radius 2 is 1.56 bits per heavy atom. The van der Waals surface area contributed by atoms with Crippen molar-refractivity contribution in [2.24, 2.45) is 5.92 Å². The lowest BCUT2D eigenvalue weighted by Crippen LogP contribution is -2.50. The summed E-state index contributed by atoms with van der Waals surface area (Å²) in [5.74, 6) is -0.623. The summed E-state index contributed by atoms with van der Waals surface area (Å²) < 4.78 is 5.45. The van der Waals surface area contributed by atoms with Crippen LogP contribution in [0.3, 0.4) is 0 Å². The number of hydrogen-bond donors (Lipinski definition) is 3. The van der Waals surface area contributed by atoms with E-state index in [1.165, 1.54) is 0 Å². The first-order valence-corrected chi connectivity index (χ1v) is 11.1. The second-order valence-corrected chi connectivity index (χ2v) is 9.03. The highest BCUT2D eigenvalue weighted by Crippen LogP contribution is 2.22. The molecule has 9 heteroatoms. The number of nitrogens with one attached hydrogen (secondary N) is 2. The maximum absolute atomic E-state index is 12.4. The maximum atomic E-state index is 12.4. The third kappa shape index (κ3) is 8.74. The third-order valence-electron chi connectivity index (χ3n) is 5.14. The summed E-state index contributed by atoms with van der Waals surface area (Å²) in [6, 6.07) is 7.96. The third-order valence-corrected chi connectivity index (χ3v) is 5.14. The number of piperazine rings is 1. The second-order valence-electron chi connectivity index (χ2n) is 9.03. The van der Waals surface area contributed by atoms with Crippen molar-refractivity contribution < 1.29 is 24.2 Å². The van der Waals surface area contributed by atoms with Crippen LogP contribution in [0.2, 0.25) is 0 Å². The SMILES string of the molecule is CC(=O)O.CC(C)(C)OC(=O)N1CCN(c2ccc(NC(=O)C3CCNCC3)cc2)CC1. The van der Waals surface area contributed by atoms with Crippen LogP contribution in [0, 0.1) is 5.92 Å². The molecular weight excluding hydrogens is 412 g/mol. The Bertz CT molecular complexity index is 758. The zero-order valence-corrected chi connectivity index (χ0v) is 19.5. The average molecular weight is 449 g/mol. The highest BCUT2D eigenvalue weighted by atomic mass is 16.6. The van der Waals surface area contributed by atoms with Crippen LogP contribution in [0.5, 0.6) is 0 Å². The summed E-state index contributed by atoms with van der Waals surface area (Å²) in [6.45, 7) is 11.4. The zero-order chi connectivity index (χ0) is 23.7. The number of carboxylic acid groups (broad SMARTS) is 1. The van der Waals surface area contributed by atoms with Crippen molar-refractivity contribution in [3.8, 4) is 0 Å². The van der Waals surface area contributed by atoms with Gasteiger partial charge in [-0.2, -0.15) is 0 Å². The summed E-state index contributed by atoms with van der Waals surface area (Å²) in [6.07, 6.45) is 1.54. The molecule has 0 aromatic heterocycles. The van der Waals surface area contributed by atoms with Crippen LogP contribution < -0.4 is 15.5 Å². The van der Waals surface area contributed by atoms with Crippen LogP contribution in [-0.2, 0) is 14.3 Å². The minimum Gasteiger partial charge on any atom is -0.481 e. The molecule has 0 atom stereocenters. The molecule has 2 aliphatic heterocycles. The van der Waals surface area contributed by atoms with Gasteiger partial charge in [-0.15, -0.1) is 0 Å². The van der Waals surface area contributed by atoms with E-state index < -0.39 is 11.6 Å². The Balaban J connectivity index is 0.000000837. The molecule has 0 bridgehead atoms. The van der Waals surface area contributed by atoms with E-state index in [0.717, 1.165) is 57.3 Å². The van der Waals surface area contributed by atoms with Crippen LogP contribution in [0.1, 0.15) is 40.5 Å². The topological polar surface area (TPSA) is 111 Å². The molecule has 2 amide bonds. The normalized spacial score (nSPS) is 17.1. The zero-order valence-electron chi connectivity index (χ0n) is 19.5. The molecule has 2 fully saturated rings. The molecule has 0 spiro atoms. The number of rotatable bonds is 3. The van der Waals surface area contributed by atoms with Gasteiger partial charge in [-0.3, -0.25) is 9.59 Å². The summed E-state index contributed by atoms with van der Waals surface area (Å²) in [4.78, 5) is 37.5. The van der Waals surface area contributed by atoms with Gasteiger partial charge < -0.3 is 30.3 Å². The van der Waals surface area contributed by atoms with Crippen molar-refractivity contribution in [1.82, 2.24) is 10.2 Å². The van der Waals surface area contributed by atoms with Gasteiger partial charge in [-0.25, -0.2) is 4.79 Å². The molecule has 0 saturated carbocycles. The monoisotopic (exact) mass is 448 g/mol. The first-order valence-electron chi connectivity index (χ1n) is 11.1. The molecule has 178 valence electrons. The van der Waals surface area contributed by atoms with Crippen molar-refractivity contribution in [3.05, 3.63) is 24.3 Å². The first kappa shape index (κ1) is 25.5. The van der Waals surface area contributed by atoms with Gasteiger partial charge in [0.1, 0.15) is 5.60 Å². The highest BCUT2D eigenvalue weighted by Gasteiger charge is 2.26. The lowest BCUT2D eigenvalue weighted by atomic mass is 9.97. The van der Waals surface area contributed by atoms with Gasteiger partial charge in [0.05, 0.1) is 0 Å². The van der Waals surface area contributed by atoms with E-state index in [2.05, 4.69) is 15.5 Å². The van der Waals surface area contributed by atoms with Gasteiger partial charge in [0, 0.05) is 50.4 Å². The van der Waals surface area contributed by atoms with Crippen LogP contribution in [0.15, 0.2) is 24.3 Å². The fraction of sp³-hybridized carbons (Fsp3) is 0.609. The molecule has 0 aliphatic carbocycles. The van der Waals surface area contributed by atoms with Gasteiger partial charge in [-0.05, 0) is 71.0 Å². The minimum absolute atomic E-state index is 0.0989. The predicted octanol–water partition coefficient (Wildman–Crippen LogP) is 2.77. The molecule has 32 heavy (non-hydrogen) atoms. The summed E-state index contributed by atoms with van der Waals surface area (Å²) in [5.41, 5.74) is 1.46. The van der Waals surface area contributed by atoms with E-state index in [1.54, 1.807) is 4.90 Å². The highest BCUT2D eigenvalue weighted by molar-refractivity contribution is 5.92. The largest absolute Gasteiger partial charge is 0.481 e. The summed E-state index contributed by atoms with van der Waals surface area (Å²) in [5, 5.41) is 13.7. The number of aliphatic carboxylic acids is 1. The number of nitrogens with zero attached hydrogens (tertiary/aromatic N) is 2. The second kappa shape index (κ2) is 11.7. The van der Waals surface area contributed by atoms with Crippen molar-refractivity contribution in [1.29, 1.82) is 0 Å². The van der Waals surface area contributed by atoms with Gasteiger partial charge in [0.15, 0.2) is 0 Å². The van der Waals surface area contributed by atoms with E-state index in [9.17, 15) is 9.59 Å². The number of carbonyl (C=O) groups excluding carboxylic acids is 2. The predicted molar refractivity (Wildman–Crippen MR) is 124 cm³/mol. The summed E-state index contributed by atoms with van der Waals surface area (Å²) in [7, 11) is 0. The number of piperidine rings is 1. The molecule has 1 aromatic rings. The first-order chi connectivity index (χ1) is 15.0. The molecule has 9 nitrogen and oxygen atoms in total. The number of carboxylic acids is 1. The van der Waals surface area contributed by atoms with Crippen molar-refractivity contribution >= 4 is 29.3 Å². The molecule has 0 unspecified atom stereocenters. The Morgan fingerprint density at radius 1 is 1.03 bits per heavy atom. The lowest BCUT2D eigenvalue weighted by Gasteiger charge is -2.36. The number of ether oxygens (including phenoxy) is 1. The number of benzene rings is 1. The van der Waals surface area contributed by atoms with Crippen LogP contribution >= 0.6 is 0 Å². The molecule has 2 heterocycles. The Labute approximate surface area is 190 Å². The minimum atomic E-state index is -0.833. The Morgan fingerprint density at radius 3 is 2.06 bits per heavy atom. The molecular formula is C23H36N4O5. The molecule has 2 saturated heterocycles. The molecule has 1 aromatic carbocycles. The van der Waals surface area contributed by atoms with Gasteiger partial charge >= 0.3 is 6.09 Å². The van der Waals surface area contributed by atoms with Crippen molar-refractivity contribution in [2.45, 2.75) is 46.1 Å². The fourth-order valence-corrected chi connectivity index (χ4v) is 3.56. The van der Waals surface area contributed by atoms with Gasteiger partial charge in [0.2, 0.25) is 5.91 Å². The Hall–Kier alpha value is -2.81. The van der Waals surface area contributed by atoms with E-state index in [-0.39, 0.29) is 17.9 Å². The average Bonchev–Trinajstić information content (AvgIpc) is 2.73. The van der Waals surface area contributed by atoms with Gasteiger partial charge in [-0.1, -0.05) is 0 Å². The van der Waals surface area contributed by atoms with Crippen molar-refractivity contribution in [2.75, 3.05) is 49.5 Å². The van der Waals surface area contributed by atoms with E-state index >= 15 is 0 Å². The number of amides is 2. The van der Waals surface area contributed by atoms with E-state index in [0.29, 0.717) is 13.1 Å². The van der Waals surface area contributed by atoms with Crippen LogP contribution in [0.25, 0.3) is 0 Å². The molecule has 2 aliphatic rings. The summed E-state index contributed by atoms with van der Waals surface area (Å²) >= 11 is 0. The standard InChI is InChI=1S/C21H32N4O3.C2H4O2/c1-21(2,3)28-20(27)25-14-12-24(13-15-25)18-6-4-17(5-7-18)23-19(26)16-8-10-22-11-9-16;1-2(3)4/h4-7,16,22H,8-15H2,1-3H3,(H,23,26);1H3,(H,3,4). The van der Waals surface area contributed by atoms with Gasteiger partial charge in [0.25, 0.3) is 5.97 Å². The van der Waals surface area contributed by atoms with Crippen LogP contribution in [0.4, 0.5) is 16.2 Å². The van der Waals surface area contributed by atoms with E-state index in [1.807, 2.05) is 45.0 Å². The number of carbonyl (C=O) groups is 3. The fourth-order valence-electron chi connectivity index (χ4n) is 3.56. The number of hydrogen-bond acceptors (Lipinski definition) is 6. The van der Waals surface area contributed by atoms with E-state index in [4.69, 9.17) is 14.6 Å². The quantitative estimate of drug-likeness (QED) is 0.652. The van der Waals surface area contributed by atoms with Crippen molar-refractivity contribution in [3.63, 3.8) is 0 Å². The molecule has 0 radical (unpaired) electrons. The van der Waals surface area contributed by atoms with Crippen LogP contribution in [-0.4, -0.2) is 72.8 Å². The Kier molecular flexibility index (Phi) is 9.31. The molecule has 3 N–H and O–H groups in total. The molecule has 3 rings (SSSR count). The maximum Gasteiger partial charge on any atom is 0.410 e.